The van der Waals surface area contributed by atoms with Gasteiger partial charge in [0.05, 0.1) is 39.5 Å². The number of imidazole rings is 1. The molecule has 0 unspecified atom stereocenters. The molecule has 0 N–H and O–H groups in total. The van der Waals surface area contributed by atoms with Gasteiger partial charge in [0.15, 0.2) is 23.0 Å². The van der Waals surface area contributed by atoms with Crippen molar-refractivity contribution < 1.29 is 23.7 Å². The van der Waals surface area contributed by atoms with Crippen molar-refractivity contribution in [2.75, 3.05) is 28.4 Å². The standard InChI is InChI=1S/C26H22N2O5S/c1-30-22-10-15-9-19(26(29)34-28-14-27-20-7-5-6-8-21(20)28)18-13-25(33-4)24(32-3)12-17(18)16(15)11-23(22)31-2/h5-14H,1-4H3. The van der Waals surface area contributed by atoms with Gasteiger partial charge in [-0.15, -0.1) is 0 Å². The van der Waals surface area contributed by atoms with Crippen LogP contribution >= 0.6 is 11.9 Å². The molecule has 0 amide bonds. The molecule has 34 heavy (non-hydrogen) atoms. The van der Waals surface area contributed by atoms with Gasteiger partial charge in [-0.1, -0.05) is 12.1 Å². The number of rotatable bonds is 6. The Balaban J connectivity index is 1.75. The van der Waals surface area contributed by atoms with Crippen LogP contribution in [0.1, 0.15) is 10.4 Å². The molecule has 5 aromatic rings. The Bertz CT molecular complexity index is 1560. The van der Waals surface area contributed by atoms with Crippen LogP contribution in [0, 0.1) is 0 Å². The molecule has 0 aliphatic heterocycles. The molecule has 7 nitrogen and oxygen atoms in total. The number of ether oxygens (including phenoxy) is 4. The minimum absolute atomic E-state index is 0.128. The lowest BCUT2D eigenvalue weighted by Crippen LogP contribution is -2.01. The van der Waals surface area contributed by atoms with Crippen molar-refractivity contribution >= 4 is 49.6 Å². The molecule has 0 spiro atoms. The SMILES string of the molecule is COc1cc2cc(C(=O)Sn3cnc4ccccc43)c3cc(OC)c(OC)cc3c2cc1OC. The van der Waals surface area contributed by atoms with E-state index in [-0.39, 0.29) is 5.12 Å². The smallest absolute Gasteiger partial charge is 0.240 e. The molecule has 8 heteroatoms. The van der Waals surface area contributed by atoms with Gasteiger partial charge in [-0.05, 0) is 64.0 Å². The second-order valence-electron chi connectivity index (χ2n) is 7.54. The van der Waals surface area contributed by atoms with Crippen LogP contribution in [-0.2, 0) is 0 Å². The number of para-hydroxylation sites is 2. The van der Waals surface area contributed by atoms with Crippen LogP contribution in [0.4, 0.5) is 0 Å². The van der Waals surface area contributed by atoms with Crippen molar-refractivity contribution in [2.24, 2.45) is 0 Å². The zero-order valence-corrected chi connectivity index (χ0v) is 19.9. The van der Waals surface area contributed by atoms with E-state index >= 15 is 0 Å². The number of hydrogen-bond donors (Lipinski definition) is 0. The van der Waals surface area contributed by atoms with Crippen molar-refractivity contribution in [1.29, 1.82) is 0 Å². The average molecular weight is 475 g/mol. The summed E-state index contributed by atoms with van der Waals surface area (Å²) in [6, 6.07) is 17.1. The Morgan fingerprint density at radius 3 is 2.03 bits per heavy atom. The summed E-state index contributed by atoms with van der Waals surface area (Å²) in [6.07, 6.45) is 1.66. The third-order valence-electron chi connectivity index (χ3n) is 5.78. The number of carbonyl (C=O) groups excluding carboxylic acids is 1. The van der Waals surface area contributed by atoms with E-state index in [0.29, 0.717) is 28.6 Å². The van der Waals surface area contributed by atoms with E-state index in [1.807, 2.05) is 54.6 Å². The van der Waals surface area contributed by atoms with Crippen LogP contribution in [0.2, 0.25) is 0 Å². The van der Waals surface area contributed by atoms with Crippen LogP contribution in [0.25, 0.3) is 32.6 Å². The molecule has 1 aromatic heterocycles. The van der Waals surface area contributed by atoms with Crippen LogP contribution in [0.5, 0.6) is 23.0 Å². The summed E-state index contributed by atoms with van der Waals surface area (Å²) in [6.45, 7) is 0. The van der Waals surface area contributed by atoms with E-state index < -0.39 is 0 Å². The fourth-order valence-corrected chi connectivity index (χ4v) is 4.91. The molecule has 0 aliphatic carbocycles. The van der Waals surface area contributed by atoms with Gasteiger partial charge in [0.2, 0.25) is 5.12 Å². The predicted molar refractivity (Wildman–Crippen MR) is 135 cm³/mol. The van der Waals surface area contributed by atoms with Gasteiger partial charge in [0, 0.05) is 17.5 Å². The molecule has 0 fully saturated rings. The van der Waals surface area contributed by atoms with E-state index in [0.717, 1.165) is 44.5 Å². The van der Waals surface area contributed by atoms with Gasteiger partial charge < -0.3 is 18.9 Å². The van der Waals surface area contributed by atoms with Gasteiger partial charge in [-0.2, -0.15) is 0 Å². The molecular formula is C26H22N2O5S. The zero-order chi connectivity index (χ0) is 23.8. The highest BCUT2D eigenvalue weighted by Crippen LogP contribution is 2.42. The molecule has 0 saturated heterocycles. The van der Waals surface area contributed by atoms with E-state index in [4.69, 9.17) is 18.9 Å². The van der Waals surface area contributed by atoms with Gasteiger partial charge in [0.25, 0.3) is 0 Å². The minimum atomic E-state index is -0.128. The largest absolute Gasteiger partial charge is 0.493 e. The molecule has 0 bridgehead atoms. The summed E-state index contributed by atoms with van der Waals surface area (Å²) in [5.74, 6) is 2.30. The Kier molecular flexibility index (Phi) is 5.67. The molecule has 172 valence electrons. The maximum absolute atomic E-state index is 13.6. The maximum atomic E-state index is 13.6. The van der Waals surface area contributed by atoms with Crippen molar-refractivity contribution in [3.8, 4) is 23.0 Å². The summed E-state index contributed by atoms with van der Waals surface area (Å²) >= 11 is 1.08. The first-order valence-corrected chi connectivity index (χ1v) is 11.2. The number of nitrogens with zero attached hydrogens (tertiary/aromatic N) is 2. The Labute approximate surface area is 200 Å². The number of methoxy groups -OCH3 is 4. The Morgan fingerprint density at radius 1 is 0.765 bits per heavy atom. The van der Waals surface area contributed by atoms with Gasteiger partial charge >= 0.3 is 0 Å². The summed E-state index contributed by atoms with van der Waals surface area (Å²) < 4.78 is 23.9. The highest BCUT2D eigenvalue weighted by Gasteiger charge is 2.20. The molecule has 0 aliphatic rings. The van der Waals surface area contributed by atoms with Crippen molar-refractivity contribution in [1.82, 2.24) is 8.96 Å². The third kappa shape index (κ3) is 3.56. The normalized spacial score (nSPS) is 11.2. The number of aromatic nitrogens is 2. The second-order valence-corrected chi connectivity index (χ2v) is 8.49. The number of fused-ring (bicyclic) bond motifs is 4. The monoisotopic (exact) mass is 474 g/mol. The number of hydrogen-bond acceptors (Lipinski definition) is 7. The van der Waals surface area contributed by atoms with E-state index in [1.165, 1.54) is 0 Å². The predicted octanol–water partition coefficient (Wildman–Crippen LogP) is 5.71. The van der Waals surface area contributed by atoms with E-state index in [2.05, 4.69) is 4.98 Å². The summed E-state index contributed by atoms with van der Waals surface area (Å²) in [5.41, 5.74) is 2.24. The van der Waals surface area contributed by atoms with E-state index in [9.17, 15) is 4.79 Å². The first-order valence-electron chi connectivity index (χ1n) is 10.5. The molecule has 0 saturated carbocycles. The topological polar surface area (TPSA) is 71.8 Å². The second kappa shape index (κ2) is 8.79. The lowest BCUT2D eigenvalue weighted by Gasteiger charge is -2.16. The molecule has 1 heterocycles. The fraction of sp³-hybridized carbons (Fsp3) is 0.154. The van der Waals surface area contributed by atoms with Crippen molar-refractivity contribution in [3.05, 3.63) is 66.5 Å². The third-order valence-corrected chi connectivity index (χ3v) is 6.66. The highest BCUT2D eigenvalue weighted by molar-refractivity contribution is 8.13. The molecule has 0 atom stereocenters. The summed E-state index contributed by atoms with van der Waals surface area (Å²) in [4.78, 5) is 18.0. The van der Waals surface area contributed by atoms with Crippen molar-refractivity contribution in [2.45, 2.75) is 0 Å². The molecule has 4 aromatic carbocycles. The molecule has 0 radical (unpaired) electrons. The van der Waals surface area contributed by atoms with Gasteiger partial charge in [-0.25, -0.2) is 4.98 Å². The number of benzene rings is 4. The zero-order valence-electron chi connectivity index (χ0n) is 19.1. The highest BCUT2D eigenvalue weighted by atomic mass is 32.2. The van der Waals surface area contributed by atoms with E-state index in [1.54, 1.807) is 38.7 Å². The van der Waals surface area contributed by atoms with Gasteiger partial charge in [0.1, 0.15) is 6.33 Å². The summed E-state index contributed by atoms with van der Waals surface area (Å²) in [5, 5.41) is 3.21. The van der Waals surface area contributed by atoms with Crippen LogP contribution in [-0.4, -0.2) is 42.5 Å². The fourth-order valence-electron chi connectivity index (χ4n) is 4.12. The number of carbonyl (C=O) groups is 1. The van der Waals surface area contributed by atoms with Crippen LogP contribution in [0.15, 0.2) is 60.9 Å². The first kappa shape index (κ1) is 21.9. The lowest BCUT2D eigenvalue weighted by atomic mass is 9.96. The van der Waals surface area contributed by atoms with Crippen molar-refractivity contribution in [3.63, 3.8) is 0 Å². The van der Waals surface area contributed by atoms with Gasteiger partial charge in [-0.3, -0.25) is 8.77 Å². The van der Waals surface area contributed by atoms with Crippen LogP contribution < -0.4 is 18.9 Å². The first-order chi connectivity index (χ1) is 16.6. The summed E-state index contributed by atoms with van der Waals surface area (Å²) in [7, 11) is 6.35. The Morgan fingerprint density at radius 2 is 1.35 bits per heavy atom. The molecular weight excluding hydrogens is 452 g/mol. The molecule has 5 rings (SSSR count). The van der Waals surface area contributed by atoms with Crippen LogP contribution in [0.3, 0.4) is 0 Å². The minimum Gasteiger partial charge on any atom is -0.493 e. The quantitative estimate of drug-likeness (QED) is 0.292. The lowest BCUT2D eigenvalue weighted by molar-refractivity contribution is 0.109. The maximum Gasteiger partial charge on any atom is 0.240 e. The average Bonchev–Trinajstić information content (AvgIpc) is 3.28. The Hall–Kier alpha value is -3.91.